The molecular formula is C15H24O. The monoisotopic (exact) mass is 220 g/mol. The molecule has 1 fully saturated rings. The zero-order chi connectivity index (χ0) is 12.3. The van der Waals surface area contributed by atoms with E-state index in [2.05, 4.69) is 20.4 Å². The van der Waals surface area contributed by atoms with E-state index in [1.165, 1.54) is 6.42 Å². The molecule has 0 heterocycles. The van der Waals surface area contributed by atoms with Crippen molar-refractivity contribution in [1.29, 1.82) is 0 Å². The first-order valence-corrected chi connectivity index (χ1v) is 6.31. The Bertz CT molecular complexity index is 324. The van der Waals surface area contributed by atoms with Gasteiger partial charge in [-0.05, 0) is 50.5 Å². The molecule has 0 aliphatic heterocycles. The van der Waals surface area contributed by atoms with Crippen LogP contribution in [0.25, 0.3) is 0 Å². The van der Waals surface area contributed by atoms with Crippen molar-refractivity contribution in [3.8, 4) is 0 Å². The highest BCUT2D eigenvalue weighted by atomic mass is 16.1. The maximum absolute atomic E-state index is 12.4. The smallest absolute Gasteiger partial charge is 0.165 e. The van der Waals surface area contributed by atoms with Crippen LogP contribution in [0.3, 0.4) is 0 Å². The van der Waals surface area contributed by atoms with Crippen molar-refractivity contribution in [2.75, 3.05) is 0 Å². The van der Waals surface area contributed by atoms with E-state index in [0.29, 0.717) is 0 Å². The number of ketones is 1. The molecule has 0 unspecified atom stereocenters. The number of allylic oxidation sites excluding steroid dienone is 3. The predicted molar refractivity (Wildman–Crippen MR) is 69.3 cm³/mol. The molecular weight excluding hydrogens is 196 g/mol. The van der Waals surface area contributed by atoms with Crippen LogP contribution in [0.2, 0.25) is 0 Å². The Morgan fingerprint density at radius 3 is 2.75 bits per heavy atom. The standard InChI is InChI=1S/C15H24O/c1-6-11(3)14(16)13-12(4)9-8-10-15(13,5)7-2/h6,13H,4,7-10H2,1-3,5H3/b11-6+/t13-,15+/m0/s1. The van der Waals surface area contributed by atoms with Crippen molar-refractivity contribution >= 4 is 5.78 Å². The molecule has 1 aliphatic carbocycles. The van der Waals surface area contributed by atoms with E-state index >= 15 is 0 Å². The van der Waals surface area contributed by atoms with E-state index in [1.54, 1.807) is 0 Å². The molecule has 0 bridgehead atoms. The zero-order valence-electron chi connectivity index (χ0n) is 11.1. The Kier molecular flexibility index (Phi) is 4.12. The highest BCUT2D eigenvalue weighted by Gasteiger charge is 2.41. The third-order valence-corrected chi connectivity index (χ3v) is 4.24. The minimum atomic E-state index is 0.0439. The van der Waals surface area contributed by atoms with Gasteiger partial charge in [0.15, 0.2) is 5.78 Å². The quantitative estimate of drug-likeness (QED) is 0.512. The molecule has 0 aromatic carbocycles. The van der Waals surface area contributed by atoms with E-state index < -0.39 is 0 Å². The van der Waals surface area contributed by atoms with Crippen LogP contribution in [0.4, 0.5) is 0 Å². The maximum atomic E-state index is 12.4. The van der Waals surface area contributed by atoms with Crippen LogP contribution in [0, 0.1) is 11.3 Å². The van der Waals surface area contributed by atoms with E-state index in [1.807, 2.05) is 19.9 Å². The van der Waals surface area contributed by atoms with Crippen molar-refractivity contribution in [3.05, 3.63) is 23.8 Å². The molecule has 90 valence electrons. The van der Waals surface area contributed by atoms with Crippen LogP contribution in [-0.2, 0) is 4.79 Å². The minimum absolute atomic E-state index is 0.0439. The van der Waals surface area contributed by atoms with Crippen LogP contribution >= 0.6 is 0 Å². The van der Waals surface area contributed by atoms with E-state index in [-0.39, 0.29) is 17.1 Å². The van der Waals surface area contributed by atoms with Crippen LogP contribution in [-0.4, -0.2) is 5.78 Å². The van der Waals surface area contributed by atoms with Gasteiger partial charge < -0.3 is 0 Å². The number of Topliss-reactive ketones (excluding diaryl/α,β-unsaturated/α-hetero) is 1. The normalized spacial score (nSPS) is 31.6. The lowest BCUT2D eigenvalue weighted by Crippen LogP contribution is -2.37. The third kappa shape index (κ3) is 2.28. The van der Waals surface area contributed by atoms with Gasteiger partial charge in [0, 0.05) is 5.92 Å². The molecule has 1 nitrogen and oxygen atoms in total. The number of carbonyl (C=O) groups is 1. The van der Waals surface area contributed by atoms with Crippen molar-refractivity contribution in [3.63, 3.8) is 0 Å². The summed E-state index contributed by atoms with van der Waals surface area (Å²) in [6, 6.07) is 0. The lowest BCUT2D eigenvalue weighted by molar-refractivity contribution is -0.122. The maximum Gasteiger partial charge on any atom is 0.165 e. The van der Waals surface area contributed by atoms with Gasteiger partial charge in [-0.15, -0.1) is 0 Å². The molecule has 0 saturated heterocycles. The summed E-state index contributed by atoms with van der Waals surface area (Å²) in [6.45, 7) is 12.4. The Hall–Kier alpha value is -0.850. The van der Waals surface area contributed by atoms with Crippen molar-refractivity contribution in [2.45, 2.75) is 53.4 Å². The fourth-order valence-corrected chi connectivity index (χ4v) is 2.75. The molecule has 2 atom stereocenters. The van der Waals surface area contributed by atoms with Crippen LogP contribution < -0.4 is 0 Å². The van der Waals surface area contributed by atoms with Crippen LogP contribution in [0.5, 0.6) is 0 Å². The summed E-state index contributed by atoms with van der Waals surface area (Å²) in [5, 5.41) is 0. The fourth-order valence-electron chi connectivity index (χ4n) is 2.75. The SMILES string of the molecule is C=C1CCC[C@@](C)(CC)[C@@H]1C(=O)/C(C)=C/C. The van der Waals surface area contributed by atoms with Gasteiger partial charge in [0.25, 0.3) is 0 Å². The summed E-state index contributed by atoms with van der Waals surface area (Å²) >= 11 is 0. The molecule has 1 saturated carbocycles. The molecule has 0 aromatic rings. The van der Waals surface area contributed by atoms with Gasteiger partial charge in [0.1, 0.15) is 0 Å². The van der Waals surface area contributed by atoms with Crippen molar-refractivity contribution in [1.82, 2.24) is 0 Å². The second kappa shape index (κ2) is 4.99. The first kappa shape index (κ1) is 13.2. The molecule has 0 spiro atoms. The molecule has 0 radical (unpaired) electrons. The molecule has 1 heteroatoms. The van der Waals surface area contributed by atoms with Crippen molar-refractivity contribution in [2.24, 2.45) is 11.3 Å². The molecule has 1 rings (SSSR count). The summed E-state index contributed by atoms with van der Waals surface area (Å²) in [5.74, 6) is 0.332. The summed E-state index contributed by atoms with van der Waals surface area (Å²) in [5.41, 5.74) is 2.14. The number of carbonyl (C=O) groups excluding carboxylic acids is 1. The van der Waals surface area contributed by atoms with Crippen molar-refractivity contribution < 1.29 is 4.79 Å². The van der Waals surface area contributed by atoms with E-state index in [4.69, 9.17) is 0 Å². The number of hydrogen-bond donors (Lipinski definition) is 0. The highest BCUT2D eigenvalue weighted by molar-refractivity contribution is 5.98. The highest BCUT2D eigenvalue weighted by Crippen LogP contribution is 2.46. The van der Waals surface area contributed by atoms with Gasteiger partial charge in [0.05, 0.1) is 0 Å². The topological polar surface area (TPSA) is 17.1 Å². The Morgan fingerprint density at radius 2 is 2.25 bits per heavy atom. The second-order valence-corrected chi connectivity index (χ2v) is 5.29. The number of hydrogen-bond acceptors (Lipinski definition) is 1. The summed E-state index contributed by atoms with van der Waals surface area (Å²) in [7, 11) is 0. The minimum Gasteiger partial charge on any atom is -0.294 e. The van der Waals surface area contributed by atoms with Gasteiger partial charge in [-0.2, -0.15) is 0 Å². The lowest BCUT2D eigenvalue weighted by Gasteiger charge is -2.41. The molecule has 1 aliphatic rings. The predicted octanol–water partition coefficient (Wildman–Crippen LogP) is 4.29. The second-order valence-electron chi connectivity index (χ2n) is 5.29. The molecule has 0 N–H and O–H groups in total. The largest absolute Gasteiger partial charge is 0.294 e. The Morgan fingerprint density at radius 1 is 1.62 bits per heavy atom. The average Bonchev–Trinajstić information content (AvgIpc) is 2.27. The van der Waals surface area contributed by atoms with Gasteiger partial charge in [-0.3, -0.25) is 4.79 Å². The van der Waals surface area contributed by atoms with Gasteiger partial charge in [-0.25, -0.2) is 0 Å². The van der Waals surface area contributed by atoms with Gasteiger partial charge in [0.2, 0.25) is 0 Å². The molecule has 16 heavy (non-hydrogen) atoms. The Labute approximate surface area is 99.6 Å². The third-order valence-electron chi connectivity index (χ3n) is 4.24. The first-order valence-electron chi connectivity index (χ1n) is 6.31. The summed E-state index contributed by atoms with van der Waals surface area (Å²) in [4.78, 5) is 12.4. The zero-order valence-corrected chi connectivity index (χ0v) is 11.1. The lowest BCUT2D eigenvalue weighted by atomic mass is 9.62. The first-order chi connectivity index (χ1) is 7.46. The Balaban J connectivity index is 3.04. The fraction of sp³-hybridized carbons (Fsp3) is 0.667. The average molecular weight is 220 g/mol. The van der Waals surface area contributed by atoms with Crippen LogP contribution in [0.15, 0.2) is 23.8 Å². The molecule has 0 amide bonds. The van der Waals surface area contributed by atoms with Gasteiger partial charge >= 0.3 is 0 Å². The number of rotatable bonds is 3. The van der Waals surface area contributed by atoms with E-state index in [9.17, 15) is 4.79 Å². The molecule has 0 aromatic heterocycles. The summed E-state index contributed by atoms with van der Waals surface area (Å²) in [6.07, 6.45) is 6.32. The van der Waals surface area contributed by atoms with E-state index in [0.717, 1.165) is 30.4 Å². The van der Waals surface area contributed by atoms with Gasteiger partial charge in [-0.1, -0.05) is 32.1 Å². The summed E-state index contributed by atoms with van der Waals surface area (Å²) < 4.78 is 0. The van der Waals surface area contributed by atoms with Crippen LogP contribution in [0.1, 0.15) is 53.4 Å².